The molecule has 2 N–H and O–H groups in total. The number of nitrogens with two attached hydrogens (primary N) is 1. The molecule has 1 atom stereocenters. The van der Waals surface area contributed by atoms with Crippen LogP contribution in [0.3, 0.4) is 0 Å². The lowest BCUT2D eigenvalue weighted by Gasteiger charge is -2.26. The number of hydrogen-bond acceptors (Lipinski definition) is 2. The van der Waals surface area contributed by atoms with Gasteiger partial charge in [0.1, 0.15) is 0 Å². The summed E-state index contributed by atoms with van der Waals surface area (Å²) in [7, 11) is 1.76. The van der Waals surface area contributed by atoms with Crippen LogP contribution in [-0.2, 0) is 0 Å². The lowest BCUT2D eigenvalue weighted by atomic mass is 10.1. The number of nitrogen functional groups attached to an aromatic ring is 1. The van der Waals surface area contributed by atoms with Gasteiger partial charge in [-0.05, 0) is 24.6 Å². The molecular formula is C16H17ClN2O. The van der Waals surface area contributed by atoms with Crippen molar-refractivity contribution in [1.29, 1.82) is 0 Å². The van der Waals surface area contributed by atoms with E-state index in [-0.39, 0.29) is 11.9 Å². The maximum absolute atomic E-state index is 12.5. The molecule has 0 radical (unpaired) electrons. The highest BCUT2D eigenvalue weighted by Gasteiger charge is 2.21. The van der Waals surface area contributed by atoms with Gasteiger partial charge in [-0.2, -0.15) is 0 Å². The molecule has 1 amide bonds. The summed E-state index contributed by atoms with van der Waals surface area (Å²) in [5.41, 5.74) is 7.66. The van der Waals surface area contributed by atoms with E-state index in [1.54, 1.807) is 30.1 Å². The van der Waals surface area contributed by atoms with Crippen LogP contribution in [0, 0.1) is 0 Å². The summed E-state index contributed by atoms with van der Waals surface area (Å²) in [6.07, 6.45) is 0. The van der Waals surface area contributed by atoms with E-state index in [1.165, 1.54) is 0 Å². The molecule has 0 aliphatic carbocycles. The standard InChI is InChI=1S/C16H17ClN2O/c1-11(12-7-4-3-5-8-12)19(2)16(20)13-9-6-10-14(18)15(13)17/h3-11H,18H2,1-2H3. The van der Waals surface area contributed by atoms with E-state index in [0.717, 1.165) is 5.56 Å². The Morgan fingerprint density at radius 1 is 1.15 bits per heavy atom. The Balaban J connectivity index is 2.27. The summed E-state index contributed by atoms with van der Waals surface area (Å²) in [6.45, 7) is 1.98. The second-order valence-corrected chi connectivity index (χ2v) is 5.09. The number of benzene rings is 2. The summed E-state index contributed by atoms with van der Waals surface area (Å²) in [4.78, 5) is 14.2. The summed E-state index contributed by atoms with van der Waals surface area (Å²) < 4.78 is 0. The molecule has 2 rings (SSSR count). The lowest BCUT2D eigenvalue weighted by Crippen LogP contribution is -2.30. The zero-order chi connectivity index (χ0) is 14.7. The molecule has 104 valence electrons. The van der Waals surface area contributed by atoms with E-state index in [9.17, 15) is 4.79 Å². The molecule has 1 unspecified atom stereocenters. The van der Waals surface area contributed by atoms with Crippen molar-refractivity contribution < 1.29 is 4.79 Å². The Morgan fingerprint density at radius 2 is 1.80 bits per heavy atom. The van der Waals surface area contributed by atoms with Gasteiger partial charge in [0.05, 0.1) is 22.3 Å². The largest absolute Gasteiger partial charge is 0.398 e. The van der Waals surface area contributed by atoms with Gasteiger partial charge in [-0.3, -0.25) is 4.79 Å². The monoisotopic (exact) mass is 288 g/mol. The van der Waals surface area contributed by atoms with E-state index >= 15 is 0 Å². The molecule has 0 saturated carbocycles. The summed E-state index contributed by atoms with van der Waals surface area (Å²) in [5.74, 6) is -0.140. The number of hydrogen-bond donors (Lipinski definition) is 1. The number of halogens is 1. The third-order valence-electron chi connectivity index (χ3n) is 3.44. The fraction of sp³-hybridized carbons (Fsp3) is 0.188. The third kappa shape index (κ3) is 2.78. The van der Waals surface area contributed by atoms with Gasteiger partial charge in [0.2, 0.25) is 0 Å². The first kappa shape index (κ1) is 14.4. The second kappa shape index (κ2) is 5.97. The van der Waals surface area contributed by atoms with Crippen LogP contribution in [0.15, 0.2) is 48.5 Å². The Bertz CT molecular complexity index is 613. The topological polar surface area (TPSA) is 46.3 Å². The predicted octanol–water partition coefficient (Wildman–Crippen LogP) is 3.76. The summed E-state index contributed by atoms with van der Waals surface area (Å²) >= 11 is 6.11. The number of rotatable bonds is 3. The molecule has 0 saturated heterocycles. The number of carbonyl (C=O) groups is 1. The van der Waals surface area contributed by atoms with Crippen LogP contribution in [0.4, 0.5) is 5.69 Å². The first-order valence-electron chi connectivity index (χ1n) is 6.38. The second-order valence-electron chi connectivity index (χ2n) is 4.71. The quantitative estimate of drug-likeness (QED) is 0.874. The van der Waals surface area contributed by atoms with Crippen LogP contribution in [0.1, 0.15) is 28.9 Å². The molecule has 0 fully saturated rings. The Labute approximate surface area is 124 Å². The molecular weight excluding hydrogens is 272 g/mol. The van der Waals surface area contributed by atoms with Gasteiger partial charge >= 0.3 is 0 Å². The van der Waals surface area contributed by atoms with Crippen LogP contribution >= 0.6 is 11.6 Å². The van der Waals surface area contributed by atoms with Crippen LogP contribution in [-0.4, -0.2) is 17.9 Å². The minimum absolute atomic E-state index is 0.0406. The molecule has 0 aliphatic heterocycles. The maximum atomic E-state index is 12.5. The van der Waals surface area contributed by atoms with Crippen molar-refractivity contribution >= 4 is 23.2 Å². The predicted molar refractivity (Wildman–Crippen MR) is 82.8 cm³/mol. The highest BCUT2D eigenvalue weighted by atomic mass is 35.5. The molecule has 4 heteroatoms. The van der Waals surface area contributed by atoms with Crippen LogP contribution < -0.4 is 5.73 Å². The van der Waals surface area contributed by atoms with Crippen molar-refractivity contribution in [2.75, 3.05) is 12.8 Å². The zero-order valence-corrected chi connectivity index (χ0v) is 12.3. The molecule has 0 aromatic heterocycles. The molecule has 0 heterocycles. The molecule has 2 aromatic carbocycles. The fourth-order valence-electron chi connectivity index (χ4n) is 2.04. The van der Waals surface area contributed by atoms with Crippen molar-refractivity contribution in [3.63, 3.8) is 0 Å². The Kier molecular flexibility index (Phi) is 4.30. The number of nitrogens with zero attached hydrogens (tertiary/aromatic N) is 1. The minimum atomic E-state index is -0.140. The van der Waals surface area contributed by atoms with Crippen molar-refractivity contribution in [3.8, 4) is 0 Å². The van der Waals surface area contributed by atoms with Crippen molar-refractivity contribution in [3.05, 3.63) is 64.7 Å². The molecule has 2 aromatic rings. The van der Waals surface area contributed by atoms with Gasteiger partial charge in [0, 0.05) is 7.05 Å². The molecule has 3 nitrogen and oxygen atoms in total. The highest BCUT2D eigenvalue weighted by Crippen LogP contribution is 2.27. The number of amides is 1. The van der Waals surface area contributed by atoms with E-state index in [2.05, 4.69) is 0 Å². The van der Waals surface area contributed by atoms with Gasteiger partial charge in [0.25, 0.3) is 5.91 Å². The van der Waals surface area contributed by atoms with Gasteiger partial charge in [-0.25, -0.2) is 0 Å². The van der Waals surface area contributed by atoms with Gasteiger partial charge < -0.3 is 10.6 Å². The maximum Gasteiger partial charge on any atom is 0.255 e. The van der Waals surface area contributed by atoms with E-state index in [0.29, 0.717) is 16.3 Å². The third-order valence-corrected chi connectivity index (χ3v) is 3.86. The summed E-state index contributed by atoms with van der Waals surface area (Å²) in [5, 5.41) is 0.310. The lowest BCUT2D eigenvalue weighted by molar-refractivity contribution is 0.0743. The van der Waals surface area contributed by atoms with Crippen LogP contribution in [0.25, 0.3) is 0 Å². The molecule has 0 spiro atoms. The van der Waals surface area contributed by atoms with E-state index in [1.807, 2.05) is 37.3 Å². The normalized spacial score (nSPS) is 11.9. The Morgan fingerprint density at radius 3 is 2.45 bits per heavy atom. The van der Waals surface area contributed by atoms with Crippen LogP contribution in [0.2, 0.25) is 5.02 Å². The highest BCUT2D eigenvalue weighted by molar-refractivity contribution is 6.36. The van der Waals surface area contributed by atoms with Gasteiger partial charge in [-0.1, -0.05) is 48.0 Å². The van der Waals surface area contributed by atoms with Crippen molar-refractivity contribution in [2.45, 2.75) is 13.0 Å². The average molecular weight is 289 g/mol. The smallest absolute Gasteiger partial charge is 0.255 e. The van der Waals surface area contributed by atoms with Gasteiger partial charge in [-0.15, -0.1) is 0 Å². The summed E-state index contributed by atoms with van der Waals surface area (Å²) in [6, 6.07) is 14.9. The van der Waals surface area contributed by atoms with Gasteiger partial charge in [0.15, 0.2) is 0 Å². The first-order chi connectivity index (χ1) is 9.52. The average Bonchev–Trinajstić information content (AvgIpc) is 2.48. The molecule has 0 aliphatic rings. The fourth-order valence-corrected chi connectivity index (χ4v) is 2.24. The zero-order valence-electron chi connectivity index (χ0n) is 11.5. The first-order valence-corrected chi connectivity index (χ1v) is 6.76. The van der Waals surface area contributed by atoms with Crippen molar-refractivity contribution in [2.24, 2.45) is 0 Å². The van der Waals surface area contributed by atoms with E-state index < -0.39 is 0 Å². The van der Waals surface area contributed by atoms with Crippen LogP contribution in [0.5, 0.6) is 0 Å². The van der Waals surface area contributed by atoms with Crippen molar-refractivity contribution in [1.82, 2.24) is 4.90 Å². The SMILES string of the molecule is CC(c1ccccc1)N(C)C(=O)c1cccc(N)c1Cl. The Hall–Kier alpha value is -2.00. The number of anilines is 1. The minimum Gasteiger partial charge on any atom is -0.398 e. The van der Waals surface area contributed by atoms with E-state index in [4.69, 9.17) is 17.3 Å². The molecule has 20 heavy (non-hydrogen) atoms. The number of carbonyl (C=O) groups excluding carboxylic acids is 1. The molecule has 0 bridgehead atoms.